The Morgan fingerprint density at radius 3 is 3.00 bits per heavy atom. The van der Waals surface area contributed by atoms with Crippen LogP contribution >= 0.6 is 15.9 Å². The molecular weight excluding hydrogens is 318 g/mol. The number of nitrogens with two attached hydrogens (primary N) is 1. The third-order valence-electron chi connectivity index (χ3n) is 4.06. The molecule has 20 heavy (non-hydrogen) atoms. The molecule has 3 N–H and O–H groups in total. The molecule has 4 nitrogen and oxygen atoms in total. The molecule has 2 atom stereocenters. The number of aromatic nitrogens is 1. The van der Waals surface area contributed by atoms with Crippen molar-refractivity contribution in [1.82, 2.24) is 4.98 Å². The summed E-state index contributed by atoms with van der Waals surface area (Å²) in [6, 6.07) is 5.99. The third kappa shape index (κ3) is 2.36. The number of nitrogens with zero attached hydrogens (tertiary/aromatic N) is 2. The van der Waals surface area contributed by atoms with Gasteiger partial charge in [-0.05, 0) is 30.5 Å². The number of β-amino-alcohol motifs (C(OH)–C–C–N with tert-alkyl or cyclic N) is 1. The molecular formula is C15H18BrN3O. The predicted molar refractivity (Wildman–Crippen MR) is 85.9 cm³/mol. The van der Waals surface area contributed by atoms with Crippen molar-refractivity contribution in [1.29, 1.82) is 0 Å². The zero-order chi connectivity index (χ0) is 14.3. The first kappa shape index (κ1) is 13.6. The van der Waals surface area contributed by atoms with Gasteiger partial charge >= 0.3 is 0 Å². The average Bonchev–Trinajstić information content (AvgIpc) is 2.42. The van der Waals surface area contributed by atoms with Gasteiger partial charge in [-0.15, -0.1) is 0 Å². The van der Waals surface area contributed by atoms with Crippen LogP contribution < -0.4 is 10.6 Å². The molecule has 0 saturated carbocycles. The predicted octanol–water partition coefficient (Wildman–Crippen LogP) is 2.79. The van der Waals surface area contributed by atoms with Crippen molar-refractivity contribution < 1.29 is 5.11 Å². The standard InChI is InChI=1S/C15H18BrN3O/c1-9-4-5-19(8-14(9)20)15-11-6-10(16)2-3-13(11)18-7-12(15)17/h2-3,6-7,9,14,20H,4-5,8,17H2,1H3. The largest absolute Gasteiger partial charge is 0.396 e. The molecule has 0 radical (unpaired) electrons. The fraction of sp³-hybridized carbons (Fsp3) is 0.400. The highest BCUT2D eigenvalue weighted by molar-refractivity contribution is 9.10. The van der Waals surface area contributed by atoms with Crippen LogP contribution in [0.3, 0.4) is 0 Å². The van der Waals surface area contributed by atoms with Crippen LogP contribution in [-0.2, 0) is 0 Å². The molecule has 1 aliphatic heterocycles. The SMILES string of the molecule is CC1CCN(c2c(N)cnc3ccc(Br)cc23)CC1O. The molecule has 2 aromatic rings. The van der Waals surface area contributed by atoms with Crippen LogP contribution in [-0.4, -0.2) is 29.3 Å². The van der Waals surface area contributed by atoms with E-state index in [1.54, 1.807) is 6.20 Å². The van der Waals surface area contributed by atoms with Gasteiger partial charge in [-0.1, -0.05) is 22.9 Å². The first-order chi connectivity index (χ1) is 9.56. The average molecular weight is 336 g/mol. The number of piperidine rings is 1. The maximum absolute atomic E-state index is 10.1. The fourth-order valence-electron chi connectivity index (χ4n) is 2.77. The Morgan fingerprint density at radius 1 is 1.45 bits per heavy atom. The number of aliphatic hydroxyl groups is 1. The Balaban J connectivity index is 2.10. The Morgan fingerprint density at radius 2 is 2.25 bits per heavy atom. The second kappa shape index (κ2) is 5.22. The summed E-state index contributed by atoms with van der Waals surface area (Å²) in [6.45, 7) is 3.62. The summed E-state index contributed by atoms with van der Waals surface area (Å²) in [5, 5.41) is 11.1. The van der Waals surface area contributed by atoms with Gasteiger partial charge in [0.05, 0.1) is 29.2 Å². The topological polar surface area (TPSA) is 62.4 Å². The van der Waals surface area contributed by atoms with Gasteiger partial charge < -0.3 is 15.7 Å². The number of hydrogen-bond donors (Lipinski definition) is 2. The zero-order valence-corrected chi connectivity index (χ0v) is 13.0. The summed E-state index contributed by atoms with van der Waals surface area (Å²) in [5.74, 6) is 0.340. The van der Waals surface area contributed by atoms with E-state index in [1.165, 1.54) is 0 Å². The zero-order valence-electron chi connectivity index (χ0n) is 11.4. The molecule has 0 bridgehead atoms. The first-order valence-electron chi connectivity index (χ1n) is 6.83. The molecule has 1 fully saturated rings. The van der Waals surface area contributed by atoms with Gasteiger partial charge in [0.15, 0.2) is 0 Å². The highest BCUT2D eigenvalue weighted by Gasteiger charge is 2.26. The fourth-order valence-corrected chi connectivity index (χ4v) is 3.13. The number of fused-ring (bicyclic) bond motifs is 1. The minimum Gasteiger partial charge on any atom is -0.396 e. The summed E-state index contributed by atoms with van der Waals surface area (Å²) in [4.78, 5) is 6.55. The van der Waals surface area contributed by atoms with E-state index in [-0.39, 0.29) is 6.10 Å². The van der Waals surface area contributed by atoms with Crippen LogP contribution in [0.5, 0.6) is 0 Å². The number of benzene rings is 1. The summed E-state index contributed by atoms with van der Waals surface area (Å²) < 4.78 is 1.00. The number of pyridine rings is 1. The maximum Gasteiger partial charge on any atom is 0.0745 e. The highest BCUT2D eigenvalue weighted by atomic mass is 79.9. The lowest BCUT2D eigenvalue weighted by Gasteiger charge is -2.36. The first-order valence-corrected chi connectivity index (χ1v) is 7.62. The normalized spacial score (nSPS) is 23.2. The van der Waals surface area contributed by atoms with Crippen molar-refractivity contribution in [2.24, 2.45) is 5.92 Å². The number of nitrogen functional groups attached to an aromatic ring is 1. The monoisotopic (exact) mass is 335 g/mol. The smallest absolute Gasteiger partial charge is 0.0745 e. The summed E-state index contributed by atoms with van der Waals surface area (Å²) in [5.41, 5.74) is 8.72. The minimum absolute atomic E-state index is 0.307. The van der Waals surface area contributed by atoms with Crippen LogP contribution in [0, 0.1) is 5.92 Å². The molecule has 3 rings (SSSR count). The van der Waals surface area contributed by atoms with E-state index in [0.717, 1.165) is 34.0 Å². The van der Waals surface area contributed by atoms with Crippen molar-refractivity contribution >= 4 is 38.2 Å². The van der Waals surface area contributed by atoms with Crippen LogP contribution in [0.1, 0.15) is 13.3 Å². The van der Waals surface area contributed by atoms with E-state index in [0.29, 0.717) is 18.2 Å². The molecule has 5 heteroatoms. The van der Waals surface area contributed by atoms with Crippen LogP contribution in [0.4, 0.5) is 11.4 Å². The van der Waals surface area contributed by atoms with Gasteiger partial charge in [-0.2, -0.15) is 0 Å². The second-order valence-electron chi connectivity index (χ2n) is 5.50. The van der Waals surface area contributed by atoms with Crippen molar-refractivity contribution in [2.45, 2.75) is 19.4 Å². The van der Waals surface area contributed by atoms with E-state index in [9.17, 15) is 5.11 Å². The van der Waals surface area contributed by atoms with Gasteiger partial charge in [-0.25, -0.2) is 0 Å². The Bertz CT molecular complexity index is 641. The molecule has 2 heterocycles. The van der Waals surface area contributed by atoms with Crippen LogP contribution in [0.25, 0.3) is 10.9 Å². The van der Waals surface area contributed by atoms with E-state index >= 15 is 0 Å². The number of anilines is 2. The van der Waals surface area contributed by atoms with Gasteiger partial charge in [0, 0.05) is 22.9 Å². The van der Waals surface area contributed by atoms with Crippen LogP contribution in [0.15, 0.2) is 28.9 Å². The Labute approximate surface area is 126 Å². The van der Waals surface area contributed by atoms with Gasteiger partial charge in [0.25, 0.3) is 0 Å². The number of halogens is 1. The second-order valence-corrected chi connectivity index (χ2v) is 6.42. The van der Waals surface area contributed by atoms with Crippen LogP contribution in [0.2, 0.25) is 0 Å². The van der Waals surface area contributed by atoms with E-state index in [2.05, 4.69) is 32.7 Å². The molecule has 0 aliphatic carbocycles. The number of hydrogen-bond acceptors (Lipinski definition) is 4. The quantitative estimate of drug-likeness (QED) is 0.841. The van der Waals surface area contributed by atoms with Gasteiger partial charge in [-0.3, -0.25) is 4.98 Å². The number of rotatable bonds is 1. The highest BCUT2D eigenvalue weighted by Crippen LogP contribution is 2.35. The van der Waals surface area contributed by atoms with Crippen molar-refractivity contribution in [3.63, 3.8) is 0 Å². The Hall–Kier alpha value is -1.33. The lowest BCUT2D eigenvalue weighted by Crippen LogP contribution is -2.43. The minimum atomic E-state index is -0.307. The van der Waals surface area contributed by atoms with E-state index < -0.39 is 0 Å². The molecule has 0 spiro atoms. The maximum atomic E-state index is 10.1. The summed E-state index contributed by atoms with van der Waals surface area (Å²) in [6.07, 6.45) is 2.37. The summed E-state index contributed by atoms with van der Waals surface area (Å²) >= 11 is 3.50. The number of aliphatic hydroxyl groups excluding tert-OH is 1. The molecule has 0 amide bonds. The lowest BCUT2D eigenvalue weighted by molar-refractivity contribution is 0.103. The van der Waals surface area contributed by atoms with Crippen molar-refractivity contribution in [3.05, 3.63) is 28.9 Å². The molecule has 1 aliphatic rings. The lowest BCUT2D eigenvalue weighted by atomic mass is 9.95. The van der Waals surface area contributed by atoms with E-state index in [1.807, 2.05) is 18.2 Å². The molecule has 1 saturated heterocycles. The van der Waals surface area contributed by atoms with E-state index in [4.69, 9.17) is 5.73 Å². The Kier molecular flexibility index (Phi) is 3.56. The van der Waals surface area contributed by atoms with Gasteiger partial charge in [0.1, 0.15) is 0 Å². The molecule has 1 aromatic carbocycles. The molecule has 1 aromatic heterocycles. The van der Waals surface area contributed by atoms with Crippen molar-refractivity contribution in [3.8, 4) is 0 Å². The van der Waals surface area contributed by atoms with Crippen molar-refractivity contribution in [2.75, 3.05) is 23.7 Å². The third-order valence-corrected chi connectivity index (χ3v) is 4.56. The molecule has 106 valence electrons. The molecule has 2 unspecified atom stereocenters. The van der Waals surface area contributed by atoms with Gasteiger partial charge in [0.2, 0.25) is 0 Å². The summed E-state index contributed by atoms with van der Waals surface area (Å²) in [7, 11) is 0.